The quantitative estimate of drug-likeness (QED) is 0.152. The first kappa shape index (κ1) is 38.2. The van der Waals surface area contributed by atoms with Crippen LogP contribution in [0.4, 0.5) is 0 Å². The van der Waals surface area contributed by atoms with E-state index in [9.17, 15) is 0 Å². The standard InChI is InChI=1S/C64H42N4/c1-3-11-43(12-4-1)45-19-27-49(28-20-45)65-41-39-57-59(65)37-35-55-53-15-7-9-17-61(53)67(63(55)57)51-31-23-47(24-32-51)48-25-33-52(34-26-48)68-62-18-10-8-16-54(62)56-36-38-60-58(64(56)68)40-42-66(60)50-29-21-46(22-30-50)44-13-5-2-6-14-44/h1-42H. The van der Waals surface area contributed by atoms with Crippen molar-refractivity contribution in [2.45, 2.75) is 0 Å². The maximum atomic E-state index is 2.44. The smallest absolute Gasteiger partial charge is 0.0635 e. The predicted octanol–water partition coefficient (Wildman–Crippen LogP) is 16.8. The molecule has 4 nitrogen and oxygen atoms in total. The van der Waals surface area contributed by atoms with E-state index in [1.807, 2.05) is 0 Å². The van der Waals surface area contributed by atoms with Crippen LogP contribution in [-0.2, 0) is 0 Å². The summed E-state index contributed by atoms with van der Waals surface area (Å²) in [6.07, 6.45) is 4.42. The zero-order chi connectivity index (χ0) is 44.7. The molecule has 4 aromatic heterocycles. The molecular weight excluding hydrogens is 825 g/mol. The molecule has 14 rings (SSSR count). The number of benzene rings is 10. The second-order valence-corrected chi connectivity index (χ2v) is 17.8. The van der Waals surface area contributed by atoms with Gasteiger partial charge in [-0.2, -0.15) is 0 Å². The summed E-state index contributed by atoms with van der Waals surface area (Å²) < 4.78 is 9.50. The molecule has 0 spiro atoms. The van der Waals surface area contributed by atoms with Gasteiger partial charge in [0.1, 0.15) is 0 Å². The van der Waals surface area contributed by atoms with Gasteiger partial charge in [-0.25, -0.2) is 0 Å². The van der Waals surface area contributed by atoms with E-state index in [0.29, 0.717) is 0 Å². The van der Waals surface area contributed by atoms with E-state index in [0.717, 1.165) is 22.7 Å². The highest BCUT2D eigenvalue weighted by Gasteiger charge is 2.19. The van der Waals surface area contributed by atoms with Crippen LogP contribution in [0.1, 0.15) is 0 Å². The fourth-order valence-corrected chi connectivity index (χ4v) is 10.8. The predicted molar refractivity (Wildman–Crippen MR) is 285 cm³/mol. The van der Waals surface area contributed by atoms with E-state index in [2.05, 4.69) is 273 Å². The van der Waals surface area contributed by atoms with Crippen molar-refractivity contribution in [3.63, 3.8) is 0 Å². The lowest BCUT2D eigenvalue weighted by Gasteiger charge is -2.12. The Balaban J connectivity index is 0.820. The molecule has 0 saturated heterocycles. The average molecular weight is 867 g/mol. The summed E-state index contributed by atoms with van der Waals surface area (Å²) in [6.45, 7) is 0. The summed E-state index contributed by atoms with van der Waals surface area (Å²) in [5.41, 5.74) is 19.0. The topological polar surface area (TPSA) is 19.7 Å². The van der Waals surface area contributed by atoms with Crippen LogP contribution < -0.4 is 0 Å². The molecule has 0 aliphatic carbocycles. The summed E-state index contributed by atoms with van der Waals surface area (Å²) in [5, 5.41) is 7.45. The van der Waals surface area contributed by atoms with Crippen LogP contribution in [-0.4, -0.2) is 18.3 Å². The molecule has 14 aromatic rings. The van der Waals surface area contributed by atoms with Crippen molar-refractivity contribution in [1.29, 1.82) is 0 Å². The number of rotatable bonds is 7. The highest BCUT2D eigenvalue weighted by atomic mass is 15.0. The SMILES string of the molecule is c1ccc(-c2ccc(-n3ccc4c3ccc3c5ccccc5n(-c5ccc(-c6ccc(-n7c8ccccc8c8ccc9c(ccn9-c9ccc(-c%10ccccc%10)cc9)c87)cc6)cc5)c34)cc2)cc1. The summed E-state index contributed by atoms with van der Waals surface area (Å²) in [6, 6.07) is 88.3. The van der Waals surface area contributed by atoms with Crippen LogP contribution in [0, 0.1) is 0 Å². The summed E-state index contributed by atoms with van der Waals surface area (Å²) in [7, 11) is 0. The third-order valence-electron chi connectivity index (χ3n) is 14.1. The highest BCUT2D eigenvalue weighted by molar-refractivity contribution is 6.19. The normalized spacial score (nSPS) is 11.8. The molecule has 0 unspecified atom stereocenters. The second kappa shape index (κ2) is 15.2. The summed E-state index contributed by atoms with van der Waals surface area (Å²) in [4.78, 5) is 0. The van der Waals surface area contributed by atoms with Crippen LogP contribution in [0.5, 0.6) is 0 Å². The first-order valence-corrected chi connectivity index (χ1v) is 23.3. The summed E-state index contributed by atoms with van der Waals surface area (Å²) >= 11 is 0. The molecular formula is C64H42N4. The van der Waals surface area contributed by atoms with Crippen molar-refractivity contribution in [1.82, 2.24) is 18.3 Å². The monoisotopic (exact) mass is 866 g/mol. The van der Waals surface area contributed by atoms with Gasteiger partial charge in [-0.05, 0) is 118 Å². The minimum absolute atomic E-state index is 1.14. The fourth-order valence-electron chi connectivity index (χ4n) is 10.8. The molecule has 0 atom stereocenters. The lowest BCUT2D eigenvalue weighted by atomic mass is 10.0. The van der Waals surface area contributed by atoms with Gasteiger partial charge in [-0.15, -0.1) is 0 Å². The van der Waals surface area contributed by atoms with Gasteiger partial charge in [0.25, 0.3) is 0 Å². The second-order valence-electron chi connectivity index (χ2n) is 17.8. The Labute approximate surface area is 393 Å². The number of nitrogens with zero attached hydrogens (tertiary/aromatic N) is 4. The van der Waals surface area contributed by atoms with Crippen LogP contribution in [0.25, 0.3) is 122 Å². The molecule has 0 aliphatic rings. The van der Waals surface area contributed by atoms with Gasteiger partial charge in [0.15, 0.2) is 0 Å². The lowest BCUT2D eigenvalue weighted by molar-refractivity contribution is 1.13. The molecule has 0 aliphatic heterocycles. The molecule has 68 heavy (non-hydrogen) atoms. The molecule has 0 bridgehead atoms. The van der Waals surface area contributed by atoms with Gasteiger partial charge < -0.3 is 18.3 Å². The van der Waals surface area contributed by atoms with Gasteiger partial charge in [0.05, 0.1) is 33.1 Å². The zero-order valence-electron chi connectivity index (χ0n) is 37.0. The number of aromatic nitrogens is 4. The van der Waals surface area contributed by atoms with Crippen molar-refractivity contribution in [3.05, 3.63) is 255 Å². The zero-order valence-corrected chi connectivity index (χ0v) is 37.0. The average Bonchev–Trinajstić information content (AvgIpc) is 4.21. The number of fused-ring (bicyclic) bond motifs is 10. The van der Waals surface area contributed by atoms with Crippen molar-refractivity contribution < 1.29 is 0 Å². The third-order valence-corrected chi connectivity index (χ3v) is 14.1. The minimum Gasteiger partial charge on any atom is -0.316 e. The van der Waals surface area contributed by atoms with E-state index in [-0.39, 0.29) is 0 Å². The third kappa shape index (κ3) is 5.94. The van der Waals surface area contributed by atoms with Crippen molar-refractivity contribution in [3.8, 4) is 56.1 Å². The fraction of sp³-hybridized carbons (Fsp3) is 0. The largest absolute Gasteiger partial charge is 0.316 e. The Morgan fingerprint density at radius 2 is 0.515 bits per heavy atom. The Morgan fingerprint density at radius 3 is 0.897 bits per heavy atom. The van der Waals surface area contributed by atoms with E-state index >= 15 is 0 Å². The molecule has 0 radical (unpaired) electrons. The maximum absolute atomic E-state index is 2.44. The van der Waals surface area contributed by atoms with Gasteiger partial charge in [0, 0.05) is 67.5 Å². The first-order chi connectivity index (χ1) is 33.7. The van der Waals surface area contributed by atoms with Crippen LogP contribution >= 0.6 is 0 Å². The van der Waals surface area contributed by atoms with Gasteiger partial charge in [-0.1, -0.05) is 158 Å². The molecule has 4 heteroatoms. The molecule has 10 aromatic carbocycles. The van der Waals surface area contributed by atoms with Crippen LogP contribution in [0.3, 0.4) is 0 Å². The van der Waals surface area contributed by atoms with Gasteiger partial charge in [0.2, 0.25) is 0 Å². The molecule has 318 valence electrons. The molecule has 0 amide bonds. The van der Waals surface area contributed by atoms with Crippen molar-refractivity contribution in [2.75, 3.05) is 0 Å². The molecule has 0 N–H and O–H groups in total. The maximum Gasteiger partial charge on any atom is 0.0635 e. The van der Waals surface area contributed by atoms with E-state index < -0.39 is 0 Å². The molecule has 4 heterocycles. The van der Waals surface area contributed by atoms with Crippen LogP contribution in [0.15, 0.2) is 255 Å². The number of hydrogen-bond acceptors (Lipinski definition) is 0. The highest BCUT2D eigenvalue weighted by Crippen LogP contribution is 2.40. The number of para-hydroxylation sites is 2. The molecule has 0 saturated carbocycles. The van der Waals surface area contributed by atoms with E-state index in [4.69, 9.17) is 0 Å². The van der Waals surface area contributed by atoms with Crippen molar-refractivity contribution in [2.24, 2.45) is 0 Å². The van der Waals surface area contributed by atoms with E-state index in [1.165, 1.54) is 98.8 Å². The minimum atomic E-state index is 1.14. The number of hydrogen-bond donors (Lipinski definition) is 0. The Hall–Kier alpha value is -9.12. The van der Waals surface area contributed by atoms with Crippen molar-refractivity contribution >= 4 is 65.4 Å². The first-order valence-electron chi connectivity index (χ1n) is 23.3. The van der Waals surface area contributed by atoms with Gasteiger partial charge >= 0.3 is 0 Å². The Morgan fingerprint density at radius 1 is 0.191 bits per heavy atom. The van der Waals surface area contributed by atoms with E-state index in [1.54, 1.807) is 0 Å². The Bertz CT molecular complexity index is 3910. The van der Waals surface area contributed by atoms with Gasteiger partial charge in [-0.3, -0.25) is 0 Å². The summed E-state index contributed by atoms with van der Waals surface area (Å²) in [5.74, 6) is 0. The lowest BCUT2D eigenvalue weighted by Crippen LogP contribution is -1.96. The Kier molecular flexibility index (Phi) is 8.55. The van der Waals surface area contributed by atoms with Crippen LogP contribution in [0.2, 0.25) is 0 Å². The molecule has 0 fully saturated rings.